The van der Waals surface area contributed by atoms with Crippen LogP contribution in [0, 0.1) is 5.21 Å². The second-order valence-electron chi connectivity index (χ2n) is 3.82. The zero-order valence-electron chi connectivity index (χ0n) is 9.08. The molecule has 0 atom stereocenters. The highest BCUT2D eigenvalue weighted by molar-refractivity contribution is 5.78. The zero-order valence-corrected chi connectivity index (χ0v) is 9.08. The molecule has 0 aliphatic rings. The van der Waals surface area contributed by atoms with Crippen molar-refractivity contribution in [2.75, 3.05) is 0 Å². The van der Waals surface area contributed by atoms with Crippen molar-refractivity contribution in [1.29, 1.82) is 0 Å². The molecule has 3 aromatic rings. The summed E-state index contributed by atoms with van der Waals surface area (Å²) in [6.07, 6.45) is 2.93. The van der Waals surface area contributed by atoms with Crippen molar-refractivity contribution in [3.63, 3.8) is 0 Å². The lowest BCUT2D eigenvalue weighted by Gasteiger charge is -2.03. The lowest BCUT2D eigenvalue weighted by atomic mass is 10.1. The number of hydrogen-bond donors (Lipinski definition) is 0. The predicted octanol–water partition coefficient (Wildman–Crippen LogP) is 2.54. The number of aromatic nitrogens is 2. The lowest BCUT2D eigenvalue weighted by molar-refractivity contribution is -0.577. The van der Waals surface area contributed by atoms with E-state index in [0.29, 0.717) is 11.0 Å². The van der Waals surface area contributed by atoms with E-state index in [0.717, 1.165) is 15.9 Å². The minimum Gasteiger partial charge on any atom is -0.618 e. The summed E-state index contributed by atoms with van der Waals surface area (Å²) in [5, 5.41) is 11.6. The summed E-state index contributed by atoms with van der Waals surface area (Å²) in [6, 6.07) is 15.7. The van der Waals surface area contributed by atoms with E-state index in [1.165, 1.54) is 12.4 Å². The molecule has 1 aromatic heterocycles. The van der Waals surface area contributed by atoms with Crippen LogP contribution in [0.3, 0.4) is 0 Å². The molecule has 3 rings (SSSR count). The van der Waals surface area contributed by atoms with Gasteiger partial charge in [-0.15, -0.1) is 0 Å². The van der Waals surface area contributed by atoms with E-state index in [4.69, 9.17) is 0 Å². The Morgan fingerprint density at radius 1 is 0.941 bits per heavy atom. The maximum absolute atomic E-state index is 11.6. The minimum atomic E-state index is 0.592. The Labute approximate surface area is 98.6 Å². The van der Waals surface area contributed by atoms with Crippen molar-refractivity contribution in [3.8, 4) is 11.1 Å². The highest BCUT2D eigenvalue weighted by atomic mass is 16.5. The fraction of sp³-hybridized carbons (Fsp3) is 0. The summed E-state index contributed by atoms with van der Waals surface area (Å²) in [5.41, 5.74) is 3.42. The van der Waals surface area contributed by atoms with Gasteiger partial charge in [0.05, 0.1) is 6.20 Å². The molecule has 2 aromatic carbocycles. The molecule has 0 saturated heterocycles. The standard InChI is InChI=1S/C14H10N2O/c17-16-9-8-15-13-7-6-12(10-14(13)16)11-4-2-1-3-5-11/h1-10H. The third kappa shape index (κ3) is 1.72. The molecule has 3 nitrogen and oxygen atoms in total. The molecule has 0 aliphatic heterocycles. The first-order valence-corrected chi connectivity index (χ1v) is 5.38. The van der Waals surface area contributed by atoms with Crippen molar-refractivity contribution in [3.05, 3.63) is 66.1 Å². The number of nitrogens with zero attached hydrogens (tertiary/aromatic N) is 2. The van der Waals surface area contributed by atoms with Crippen molar-refractivity contribution in [1.82, 2.24) is 4.98 Å². The van der Waals surface area contributed by atoms with Gasteiger partial charge in [0.15, 0.2) is 6.20 Å². The van der Waals surface area contributed by atoms with E-state index in [2.05, 4.69) is 4.98 Å². The van der Waals surface area contributed by atoms with Crippen molar-refractivity contribution in [2.24, 2.45) is 0 Å². The van der Waals surface area contributed by atoms with E-state index >= 15 is 0 Å². The van der Waals surface area contributed by atoms with Gasteiger partial charge in [-0.05, 0) is 17.2 Å². The van der Waals surface area contributed by atoms with Gasteiger partial charge in [-0.25, -0.2) is 4.98 Å². The Morgan fingerprint density at radius 3 is 2.59 bits per heavy atom. The topological polar surface area (TPSA) is 39.8 Å². The number of hydrogen-bond acceptors (Lipinski definition) is 2. The SMILES string of the molecule is [O-][n+]1ccnc2ccc(-c3ccccc3)cc21. The molecule has 0 bridgehead atoms. The zero-order chi connectivity index (χ0) is 11.7. The first-order valence-electron chi connectivity index (χ1n) is 5.38. The van der Waals surface area contributed by atoms with Gasteiger partial charge in [-0.2, -0.15) is 4.73 Å². The van der Waals surface area contributed by atoms with Crippen LogP contribution >= 0.6 is 0 Å². The molecule has 0 amide bonds. The average Bonchev–Trinajstić information content (AvgIpc) is 2.40. The summed E-state index contributed by atoms with van der Waals surface area (Å²) >= 11 is 0. The van der Waals surface area contributed by atoms with E-state index in [-0.39, 0.29) is 0 Å². The molecule has 0 spiro atoms. The summed E-state index contributed by atoms with van der Waals surface area (Å²) in [7, 11) is 0. The second-order valence-corrected chi connectivity index (χ2v) is 3.82. The van der Waals surface area contributed by atoms with Gasteiger partial charge in [-0.3, -0.25) is 0 Å². The minimum absolute atomic E-state index is 0.592. The molecule has 17 heavy (non-hydrogen) atoms. The molecule has 0 unspecified atom stereocenters. The van der Waals surface area contributed by atoms with Crippen molar-refractivity contribution >= 4 is 11.0 Å². The van der Waals surface area contributed by atoms with Gasteiger partial charge < -0.3 is 5.21 Å². The summed E-state index contributed by atoms with van der Waals surface area (Å²) in [5.74, 6) is 0. The van der Waals surface area contributed by atoms with Crippen LogP contribution in [0.15, 0.2) is 60.9 Å². The Hall–Kier alpha value is -2.42. The summed E-state index contributed by atoms with van der Waals surface area (Å²) < 4.78 is 0.842. The van der Waals surface area contributed by atoms with Gasteiger partial charge >= 0.3 is 0 Å². The van der Waals surface area contributed by atoms with Crippen molar-refractivity contribution < 1.29 is 4.73 Å². The molecule has 0 aliphatic carbocycles. The quantitative estimate of drug-likeness (QED) is 0.469. The van der Waals surface area contributed by atoms with Gasteiger partial charge in [0, 0.05) is 6.07 Å². The highest BCUT2D eigenvalue weighted by Crippen LogP contribution is 2.21. The van der Waals surface area contributed by atoms with Crippen LogP contribution in [0.1, 0.15) is 0 Å². The third-order valence-electron chi connectivity index (χ3n) is 2.74. The van der Waals surface area contributed by atoms with Gasteiger partial charge in [0.1, 0.15) is 5.52 Å². The van der Waals surface area contributed by atoms with E-state index in [9.17, 15) is 5.21 Å². The molecule has 0 radical (unpaired) electrons. The second kappa shape index (κ2) is 3.87. The van der Waals surface area contributed by atoms with Crippen LogP contribution in [0.4, 0.5) is 0 Å². The maximum Gasteiger partial charge on any atom is 0.243 e. The Bertz CT molecular complexity index is 665. The van der Waals surface area contributed by atoms with Crippen LogP contribution in [0.2, 0.25) is 0 Å². The van der Waals surface area contributed by atoms with Crippen LogP contribution < -0.4 is 4.73 Å². The first kappa shape index (κ1) is 9.78. The Kier molecular flexibility index (Phi) is 2.22. The highest BCUT2D eigenvalue weighted by Gasteiger charge is 2.06. The Balaban J connectivity index is 2.23. The van der Waals surface area contributed by atoms with Crippen LogP contribution in [0.25, 0.3) is 22.2 Å². The molecule has 0 saturated carbocycles. The maximum atomic E-state index is 11.6. The largest absolute Gasteiger partial charge is 0.618 e. The number of fused-ring (bicyclic) bond motifs is 1. The van der Waals surface area contributed by atoms with E-state index in [1.807, 2.05) is 48.5 Å². The smallest absolute Gasteiger partial charge is 0.243 e. The summed E-state index contributed by atoms with van der Waals surface area (Å²) in [6.45, 7) is 0. The fourth-order valence-electron chi connectivity index (χ4n) is 1.87. The van der Waals surface area contributed by atoms with Crippen LogP contribution in [-0.2, 0) is 0 Å². The van der Waals surface area contributed by atoms with E-state index in [1.54, 1.807) is 0 Å². The van der Waals surface area contributed by atoms with E-state index < -0.39 is 0 Å². The van der Waals surface area contributed by atoms with Gasteiger partial charge in [0.25, 0.3) is 0 Å². The molecule has 0 fully saturated rings. The lowest BCUT2D eigenvalue weighted by Crippen LogP contribution is -2.26. The monoisotopic (exact) mass is 222 g/mol. The van der Waals surface area contributed by atoms with Gasteiger partial charge in [0.2, 0.25) is 5.52 Å². The third-order valence-corrected chi connectivity index (χ3v) is 2.74. The fourth-order valence-corrected chi connectivity index (χ4v) is 1.87. The number of rotatable bonds is 1. The molecule has 1 heterocycles. The normalized spacial score (nSPS) is 10.6. The average molecular weight is 222 g/mol. The van der Waals surface area contributed by atoms with Crippen molar-refractivity contribution in [2.45, 2.75) is 0 Å². The molecule has 82 valence electrons. The van der Waals surface area contributed by atoms with Gasteiger partial charge in [-0.1, -0.05) is 36.4 Å². The number of benzene rings is 2. The molecule has 3 heteroatoms. The summed E-state index contributed by atoms with van der Waals surface area (Å²) in [4.78, 5) is 4.16. The van der Waals surface area contributed by atoms with Crippen LogP contribution in [0.5, 0.6) is 0 Å². The Morgan fingerprint density at radius 2 is 1.76 bits per heavy atom. The van der Waals surface area contributed by atoms with Crippen LogP contribution in [-0.4, -0.2) is 4.98 Å². The first-order chi connectivity index (χ1) is 8.34. The predicted molar refractivity (Wildman–Crippen MR) is 66.1 cm³/mol. The molecular formula is C14H10N2O. The molecule has 0 N–H and O–H groups in total. The molecular weight excluding hydrogens is 212 g/mol.